The maximum absolute atomic E-state index is 12.9. The van der Waals surface area contributed by atoms with Crippen LogP contribution in [0.3, 0.4) is 0 Å². The number of H-pyrrole nitrogens is 1. The Morgan fingerprint density at radius 1 is 1.06 bits per heavy atom. The Balaban J connectivity index is 0.844. The first kappa shape index (κ1) is 21.1. The Labute approximate surface area is 198 Å². The highest BCUT2D eigenvalue weighted by molar-refractivity contribution is 7.11. The van der Waals surface area contributed by atoms with Gasteiger partial charge in [0.1, 0.15) is 5.82 Å². The summed E-state index contributed by atoms with van der Waals surface area (Å²) in [7, 11) is 0. The Bertz CT molecular complexity index is 1110. The zero-order valence-electron chi connectivity index (χ0n) is 18.6. The fourth-order valence-electron chi connectivity index (χ4n) is 6.38. The van der Waals surface area contributed by atoms with Crippen LogP contribution in [0.1, 0.15) is 59.1 Å². The summed E-state index contributed by atoms with van der Waals surface area (Å²) in [5.41, 5.74) is 0.364. The maximum atomic E-state index is 12.9. The van der Waals surface area contributed by atoms with Gasteiger partial charge in [0.2, 0.25) is 0 Å². The van der Waals surface area contributed by atoms with Gasteiger partial charge in [0.25, 0.3) is 0 Å². The number of nitrogens with one attached hydrogen (secondary N) is 1. The van der Waals surface area contributed by atoms with Crippen LogP contribution in [0.25, 0.3) is 0 Å². The van der Waals surface area contributed by atoms with E-state index in [-0.39, 0.29) is 16.9 Å². The van der Waals surface area contributed by atoms with Gasteiger partial charge in [-0.25, -0.2) is 14.8 Å². The Hall–Kier alpha value is -2.21. The van der Waals surface area contributed by atoms with Crippen molar-refractivity contribution in [3.63, 3.8) is 0 Å². The molecule has 2 aromatic rings. The summed E-state index contributed by atoms with van der Waals surface area (Å²) in [6.45, 7) is 5.27. The number of nitrogens with zero attached hydrogens (tertiary/aromatic N) is 6. The van der Waals surface area contributed by atoms with E-state index >= 15 is 0 Å². The Morgan fingerprint density at radius 2 is 1.74 bits per heavy atom. The summed E-state index contributed by atoms with van der Waals surface area (Å²) in [5, 5.41) is 6.73. The van der Waals surface area contributed by atoms with Crippen molar-refractivity contribution in [2.24, 2.45) is 10.8 Å². The van der Waals surface area contributed by atoms with Gasteiger partial charge in [-0.2, -0.15) is 18.3 Å². The number of aromatic amines is 1. The molecule has 2 amide bonds. The van der Waals surface area contributed by atoms with E-state index in [2.05, 4.69) is 25.1 Å². The molecule has 5 aliphatic rings. The predicted molar refractivity (Wildman–Crippen MR) is 116 cm³/mol. The van der Waals surface area contributed by atoms with Crippen molar-refractivity contribution < 1.29 is 18.0 Å². The van der Waals surface area contributed by atoms with E-state index in [1.54, 1.807) is 0 Å². The molecule has 3 aliphatic heterocycles. The summed E-state index contributed by atoms with van der Waals surface area (Å²) in [4.78, 5) is 27.7. The molecule has 182 valence electrons. The van der Waals surface area contributed by atoms with Crippen LogP contribution in [0.15, 0.2) is 6.20 Å². The molecule has 2 aliphatic carbocycles. The predicted octanol–water partition coefficient (Wildman–Crippen LogP) is 3.27. The van der Waals surface area contributed by atoms with Crippen molar-refractivity contribution >= 4 is 17.4 Å². The third-order valence-electron chi connectivity index (χ3n) is 8.15. The number of hydrogen-bond acceptors (Lipinski definition) is 6. The van der Waals surface area contributed by atoms with Crippen molar-refractivity contribution in [2.75, 3.05) is 39.3 Å². The SMILES string of the molecule is O=C(N1CC2(CC(c3n[nH]c(C4CC4)n3)C2)C1)N1CC2(CN(Cc3cnc(C(F)(F)F)s3)C2)C1. The second-order valence-corrected chi connectivity index (χ2v) is 12.3. The highest BCUT2D eigenvalue weighted by atomic mass is 32.1. The summed E-state index contributed by atoms with van der Waals surface area (Å²) in [6, 6.07) is 0.129. The molecule has 2 spiro atoms. The maximum Gasteiger partial charge on any atom is 0.443 e. The number of thiazole rings is 1. The van der Waals surface area contributed by atoms with E-state index in [1.165, 1.54) is 19.0 Å². The summed E-state index contributed by atoms with van der Waals surface area (Å²) < 4.78 is 38.2. The first-order chi connectivity index (χ1) is 16.2. The number of aromatic nitrogens is 4. The molecule has 7 rings (SSSR count). The smallest absolute Gasteiger partial charge is 0.323 e. The molecule has 2 saturated carbocycles. The van der Waals surface area contributed by atoms with Crippen LogP contribution in [0.2, 0.25) is 0 Å². The minimum Gasteiger partial charge on any atom is -0.323 e. The fourth-order valence-corrected chi connectivity index (χ4v) is 7.20. The molecule has 5 fully saturated rings. The van der Waals surface area contributed by atoms with E-state index in [9.17, 15) is 18.0 Å². The van der Waals surface area contributed by atoms with Crippen LogP contribution in [-0.4, -0.2) is 80.2 Å². The number of likely N-dealkylation sites (tertiary alicyclic amines) is 3. The molecule has 8 nitrogen and oxygen atoms in total. The number of halogens is 3. The molecule has 0 aromatic carbocycles. The van der Waals surface area contributed by atoms with Crippen molar-refractivity contribution in [1.29, 1.82) is 0 Å². The fraction of sp³-hybridized carbons (Fsp3) is 0.727. The summed E-state index contributed by atoms with van der Waals surface area (Å²) >= 11 is 0.716. The quantitative estimate of drug-likeness (QED) is 0.707. The molecule has 0 unspecified atom stereocenters. The lowest BCUT2D eigenvalue weighted by Gasteiger charge is -2.63. The second kappa shape index (κ2) is 6.93. The molecule has 0 bridgehead atoms. The molecule has 34 heavy (non-hydrogen) atoms. The molecule has 3 saturated heterocycles. The molecule has 0 atom stereocenters. The van der Waals surface area contributed by atoms with Crippen LogP contribution < -0.4 is 0 Å². The van der Waals surface area contributed by atoms with E-state index in [0.29, 0.717) is 34.6 Å². The topological polar surface area (TPSA) is 81.2 Å². The van der Waals surface area contributed by atoms with E-state index in [1.807, 2.05) is 9.80 Å². The molecular formula is C22H26F3N7OS. The van der Waals surface area contributed by atoms with Gasteiger partial charge in [-0.15, -0.1) is 11.3 Å². The van der Waals surface area contributed by atoms with Gasteiger partial charge >= 0.3 is 12.2 Å². The van der Waals surface area contributed by atoms with E-state index in [0.717, 1.165) is 63.8 Å². The minimum absolute atomic E-state index is 0.113. The highest BCUT2D eigenvalue weighted by Crippen LogP contribution is 2.56. The minimum atomic E-state index is -4.38. The van der Waals surface area contributed by atoms with Crippen LogP contribution >= 0.6 is 11.3 Å². The average Bonchev–Trinajstić information content (AvgIpc) is 3.19. The average molecular weight is 494 g/mol. The van der Waals surface area contributed by atoms with E-state index < -0.39 is 11.2 Å². The third-order valence-corrected chi connectivity index (χ3v) is 9.17. The van der Waals surface area contributed by atoms with Gasteiger partial charge in [-0.05, 0) is 25.7 Å². The highest BCUT2D eigenvalue weighted by Gasteiger charge is 2.58. The van der Waals surface area contributed by atoms with Gasteiger partial charge in [-0.1, -0.05) is 0 Å². The first-order valence-corrected chi connectivity index (χ1v) is 12.7. The van der Waals surface area contributed by atoms with Crippen molar-refractivity contribution in [3.05, 3.63) is 27.7 Å². The zero-order chi connectivity index (χ0) is 23.3. The first-order valence-electron chi connectivity index (χ1n) is 11.9. The third kappa shape index (κ3) is 3.43. The summed E-state index contributed by atoms with van der Waals surface area (Å²) in [5.74, 6) is 3.00. The van der Waals surface area contributed by atoms with Gasteiger partial charge in [0.05, 0.1) is 0 Å². The molecule has 0 radical (unpaired) electrons. The Kier molecular flexibility index (Phi) is 4.30. The van der Waals surface area contributed by atoms with Gasteiger partial charge < -0.3 is 9.80 Å². The lowest BCUT2D eigenvalue weighted by molar-refractivity contribution is -0.137. The summed E-state index contributed by atoms with van der Waals surface area (Å²) in [6.07, 6.45) is 1.50. The number of carbonyl (C=O) groups excluding carboxylic acids is 1. The number of urea groups is 1. The zero-order valence-corrected chi connectivity index (χ0v) is 19.5. The van der Waals surface area contributed by atoms with Crippen molar-refractivity contribution in [1.82, 2.24) is 34.9 Å². The van der Waals surface area contributed by atoms with Crippen LogP contribution in [0, 0.1) is 10.8 Å². The molecule has 12 heteroatoms. The lowest BCUT2D eigenvalue weighted by atomic mass is 9.57. The van der Waals surface area contributed by atoms with Gasteiger partial charge in [0, 0.05) is 79.6 Å². The van der Waals surface area contributed by atoms with Gasteiger partial charge in [0.15, 0.2) is 10.8 Å². The number of carbonyl (C=O) groups is 1. The van der Waals surface area contributed by atoms with Crippen LogP contribution in [0.5, 0.6) is 0 Å². The monoisotopic (exact) mass is 493 g/mol. The van der Waals surface area contributed by atoms with Crippen molar-refractivity contribution in [2.45, 2.75) is 50.2 Å². The molecule has 5 heterocycles. The standard InChI is InChI=1S/C22H26F3N7OS/c23-22(24,25)18-26-5-15(34-18)6-30-7-21(8-30)11-32(12-21)19(33)31-9-20(10-31)3-14(4-20)17-27-16(28-29-17)13-1-2-13/h5,13-14H,1-4,6-12H2,(H,27,28,29). The van der Waals surface area contributed by atoms with Crippen LogP contribution in [-0.2, 0) is 12.7 Å². The normalized spacial score (nSPS) is 25.7. The van der Waals surface area contributed by atoms with Crippen molar-refractivity contribution in [3.8, 4) is 0 Å². The van der Waals surface area contributed by atoms with E-state index in [4.69, 9.17) is 0 Å². The number of alkyl halides is 3. The van der Waals surface area contributed by atoms with Gasteiger partial charge in [-0.3, -0.25) is 10.00 Å². The number of amides is 2. The number of rotatable bonds is 4. The number of hydrogen-bond donors (Lipinski definition) is 1. The molecular weight excluding hydrogens is 467 g/mol. The lowest BCUT2D eigenvalue weighted by Crippen LogP contribution is -2.75. The Morgan fingerprint density at radius 3 is 2.35 bits per heavy atom. The molecule has 2 aromatic heterocycles. The van der Waals surface area contributed by atoms with Crippen LogP contribution in [0.4, 0.5) is 18.0 Å². The largest absolute Gasteiger partial charge is 0.443 e. The molecule has 1 N–H and O–H groups in total. The second-order valence-electron chi connectivity index (χ2n) is 11.2.